The molecule has 0 aliphatic carbocycles. The maximum absolute atomic E-state index is 12.5. The van der Waals surface area contributed by atoms with E-state index in [4.69, 9.17) is 4.74 Å². The van der Waals surface area contributed by atoms with Crippen LogP contribution in [0.3, 0.4) is 0 Å². The monoisotopic (exact) mass is 443 g/mol. The lowest BCUT2D eigenvalue weighted by Crippen LogP contribution is -2.42. The number of hydrogen-bond acceptors (Lipinski definition) is 5. The van der Waals surface area contributed by atoms with Crippen molar-refractivity contribution in [1.29, 1.82) is 0 Å². The summed E-state index contributed by atoms with van der Waals surface area (Å²) in [5, 5.41) is 2.56. The smallest absolute Gasteiger partial charge is 0.313 e. The van der Waals surface area contributed by atoms with Gasteiger partial charge in [-0.05, 0) is 54.8 Å². The zero-order valence-electron chi connectivity index (χ0n) is 17.4. The zero-order chi connectivity index (χ0) is 22.4. The predicted octanol–water partition coefficient (Wildman–Crippen LogP) is 2.71. The first kappa shape index (κ1) is 22.4. The first-order valence-corrected chi connectivity index (χ1v) is 11.6. The summed E-state index contributed by atoms with van der Waals surface area (Å²) in [5.41, 5.74) is 3.08. The lowest BCUT2D eigenvalue weighted by Gasteiger charge is -2.28. The molecule has 0 aromatic heterocycles. The van der Waals surface area contributed by atoms with Gasteiger partial charge in [0.05, 0.1) is 13.4 Å². The van der Waals surface area contributed by atoms with E-state index in [1.54, 1.807) is 12.0 Å². The van der Waals surface area contributed by atoms with E-state index >= 15 is 0 Å². The van der Waals surface area contributed by atoms with Gasteiger partial charge in [0.15, 0.2) is 0 Å². The van der Waals surface area contributed by atoms with E-state index in [9.17, 15) is 18.0 Å². The van der Waals surface area contributed by atoms with Crippen molar-refractivity contribution in [2.45, 2.75) is 12.8 Å². The summed E-state index contributed by atoms with van der Waals surface area (Å²) in [7, 11) is -1.75. The van der Waals surface area contributed by atoms with E-state index in [1.807, 2.05) is 24.3 Å². The second kappa shape index (κ2) is 9.65. The molecule has 0 unspecified atom stereocenters. The number of nitrogens with zero attached hydrogens (tertiary/aromatic N) is 1. The molecular formula is C22H25N3O5S. The van der Waals surface area contributed by atoms with Crippen molar-refractivity contribution in [1.82, 2.24) is 4.90 Å². The normalized spacial score (nSPS) is 14.0. The highest BCUT2D eigenvalue weighted by Gasteiger charge is 2.24. The molecule has 164 valence electrons. The van der Waals surface area contributed by atoms with Crippen LogP contribution < -0.4 is 14.8 Å². The topological polar surface area (TPSA) is 105 Å². The highest BCUT2D eigenvalue weighted by Crippen LogP contribution is 2.21. The Balaban J connectivity index is 1.52. The Morgan fingerprint density at radius 2 is 1.55 bits per heavy atom. The minimum Gasteiger partial charge on any atom is -0.497 e. The second-order valence-corrected chi connectivity index (χ2v) is 9.02. The van der Waals surface area contributed by atoms with Gasteiger partial charge >= 0.3 is 11.8 Å². The van der Waals surface area contributed by atoms with Crippen LogP contribution in [-0.4, -0.2) is 51.6 Å². The third kappa shape index (κ3) is 6.58. The molecule has 1 aliphatic heterocycles. The van der Waals surface area contributed by atoms with Gasteiger partial charge in [-0.25, -0.2) is 8.42 Å². The molecule has 2 N–H and O–H groups in total. The minimum atomic E-state index is -3.38. The molecule has 2 aromatic carbocycles. The number of sulfonamides is 1. The van der Waals surface area contributed by atoms with Gasteiger partial charge in [0.1, 0.15) is 5.75 Å². The van der Waals surface area contributed by atoms with Gasteiger partial charge < -0.3 is 15.0 Å². The first-order valence-electron chi connectivity index (χ1n) is 9.75. The number of methoxy groups -OCH3 is 1. The molecule has 9 heteroatoms. The van der Waals surface area contributed by atoms with Crippen LogP contribution in [0.1, 0.15) is 18.4 Å². The van der Waals surface area contributed by atoms with Crippen molar-refractivity contribution in [3.05, 3.63) is 59.7 Å². The number of nitrogens with one attached hydrogen (secondary N) is 2. The fourth-order valence-electron chi connectivity index (χ4n) is 3.24. The summed E-state index contributed by atoms with van der Waals surface area (Å²) in [5.74, 6) is -0.497. The highest BCUT2D eigenvalue weighted by molar-refractivity contribution is 7.92. The van der Waals surface area contributed by atoms with E-state index in [2.05, 4.69) is 16.1 Å². The molecule has 3 rings (SSSR count). The number of amides is 2. The van der Waals surface area contributed by atoms with Crippen LogP contribution in [0.4, 0.5) is 11.4 Å². The molecule has 31 heavy (non-hydrogen) atoms. The quantitative estimate of drug-likeness (QED) is 0.692. The molecule has 0 atom stereocenters. The van der Waals surface area contributed by atoms with E-state index in [1.165, 1.54) is 29.8 Å². The van der Waals surface area contributed by atoms with Crippen molar-refractivity contribution >= 4 is 39.3 Å². The van der Waals surface area contributed by atoms with Gasteiger partial charge in [-0.2, -0.15) is 0 Å². The van der Waals surface area contributed by atoms with Crippen LogP contribution in [0.15, 0.2) is 54.1 Å². The van der Waals surface area contributed by atoms with Gasteiger partial charge in [0, 0.05) is 24.5 Å². The lowest BCUT2D eigenvalue weighted by molar-refractivity contribution is -0.143. The molecule has 0 spiro atoms. The van der Waals surface area contributed by atoms with Crippen LogP contribution in [0.2, 0.25) is 0 Å². The molecule has 1 heterocycles. The molecule has 2 amide bonds. The van der Waals surface area contributed by atoms with Gasteiger partial charge in [-0.1, -0.05) is 23.8 Å². The Labute approximate surface area is 181 Å². The largest absolute Gasteiger partial charge is 0.497 e. The standard InChI is InChI=1S/C22H25N3O5S/c1-30-20-9-3-16(4-10-20)15-17-11-13-25(14-12-17)22(27)21(26)23-18-5-7-19(8-6-18)24-31(2,28)29/h3-10,15,24H,11-14H2,1-2H3,(H,23,26). The minimum absolute atomic E-state index is 0.374. The summed E-state index contributed by atoms with van der Waals surface area (Å²) >= 11 is 0. The molecule has 8 nitrogen and oxygen atoms in total. The maximum atomic E-state index is 12.5. The number of carbonyl (C=O) groups is 2. The molecule has 2 aromatic rings. The number of carbonyl (C=O) groups excluding carboxylic acids is 2. The third-order valence-corrected chi connectivity index (χ3v) is 5.43. The zero-order valence-corrected chi connectivity index (χ0v) is 18.2. The molecule has 1 fully saturated rings. The number of hydrogen-bond donors (Lipinski definition) is 2. The van der Waals surface area contributed by atoms with Crippen molar-refractivity contribution in [3.8, 4) is 5.75 Å². The predicted molar refractivity (Wildman–Crippen MR) is 120 cm³/mol. The number of likely N-dealkylation sites (tertiary alicyclic amines) is 1. The maximum Gasteiger partial charge on any atom is 0.313 e. The number of benzene rings is 2. The van der Waals surface area contributed by atoms with Gasteiger partial charge in [-0.3, -0.25) is 14.3 Å². The van der Waals surface area contributed by atoms with Crippen LogP contribution >= 0.6 is 0 Å². The fourth-order valence-corrected chi connectivity index (χ4v) is 3.81. The number of ether oxygens (including phenoxy) is 1. The highest BCUT2D eigenvalue weighted by atomic mass is 32.2. The summed E-state index contributed by atoms with van der Waals surface area (Å²) in [6.45, 7) is 0.955. The Morgan fingerprint density at radius 3 is 2.10 bits per heavy atom. The average Bonchev–Trinajstić information content (AvgIpc) is 2.74. The number of rotatable bonds is 5. The molecule has 0 radical (unpaired) electrons. The average molecular weight is 444 g/mol. The van der Waals surface area contributed by atoms with Gasteiger partial charge in [0.2, 0.25) is 10.0 Å². The molecule has 0 saturated carbocycles. The summed E-state index contributed by atoms with van der Waals surface area (Å²) in [4.78, 5) is 26.3. The first-order chi connectivity index (χ1) is 14.7. The Hall–Kier alpha value is -3.33. The Bertz CT molecular complexity index is 1070. The van der Waals surface area contributed by atoms with Crippen molar-refractivity contribution in [2.75, 3.05) is 36.5 Å². The molecule has 1 saturated heterocycles. The van der Waals surface area contributed by atoms with Gasteiger partial charge in [0.25, 0.3) is 0 Å². The fraction of sp³-hybridized carbons (Fsp3) is 0.273. The summed E-state index contributed by atoms with van der Waals surface area (Å²) in [6, 6.07) is 13.9. The van der Waals surface area contributed by atoms with Crippen LogP contribution in [0, 0.1) is 0 Å². The Morgan fingerprint density at radius 1 is 0.968 bits per heavy atom. The van der Waals surface area contributed by atoms with Crippen LogP contribution in [0.5, 0.6) is 5.75 Å². The van der Waals surface area contributed by atoms with E-state index in [0.29, 0.717) is 37.3 Å². The van der Waals surface area contributed by atoms with Crippen molar-refractivity contribution < 1.29 is 22.7 Å². The lowest BCUT2D eigenvalue weighted by atomic mass is 10.0. The van der Waals surface area contributed by atoms with Crippen LogP contribution in [0.25, 0.3) is 6.08 Å². The SMILES string of the molecule is COc1ccc(C=C2CCN(C(=O)C(=O)Nc3ccc(NS(C)(=O)=O)cc3)CC2)cc1. The Kier molecular flexibility index (Phi) is 6.96. The van der Waals surface area contributed by atoms with E-state index in [0.717, 1.165) is 17.6 Å². The van der Waals surface area contributed by atoms with E-state index in [-0.39, 0.29) is 0 Å². The number of piperidine rings is 1. The number of anilines is 2. The van der Waals surface area contributed by atoms with Gasteiger partial charge in [-0.15, -0.1) is 0 Å². The van der Waals surface area contributed by atoms with Crippen LogP contribution in [-0.2, 0) is 19.6 Å². The van der Waals surface area contributed by atoms with Crippen molar-refractivity contribution in [3.63, 3.8) is 0 Å². The van der Waals surface area contributed by atoms with Crippen molar-refractivity contribution in [2.24, 2.45) is 0 Å². The molecular weight excluding hydrogens is 418 g/mol. The summed E-state index contributed by atoms with van der Waals surface area (Å²) < 4.78 is 30.0. The third-order valence-electron chi connectivity index (χ3n) is 4.82. The molecule has 0 bridgehead atoms. The second-order valence-electron chi connectivity index (χ2n) is 7.27. The van der Waals surface area contributed by atoms with E-state index < -0.39 is 21.8 Å². The molecule has 1 aliphatic rings. The summed E-state index contributed by atoms with van der Waals surface area (Å²) in [6.07, 6.45) is 4.57.